The van der Waals surface area contributed by atoms with E-state index in [-0.39, 0.29) is 18.4 Å². The Kier molecular flexibility index (Phi) is 6.31. The number of para-hydroxylation sites is 1. The lowest BCUT2D eigenvalue weighted by atomic mass is 10.1. The second kappa shape index (κ2) is 9.65. The van der Waals surface area contributed by atoms with Crippen LogP contribution in [0.1, 0.15) is 32.8 Å². The summed E-state index contributed by atoms with van der Waals surface area (Å²) in [6.07, 6.45) is 7.22. The SMILES string of the molecule is Nc1cc(CCCN(C(=O)c2ccncc2)C(=O)c2ccncc2)nn1-c1ccccc1. The molecule has 160 valence electrons. The van der Waals surface area contributed by atoms with Crippen LogP contribution < -0.4 is 5.73 Å². The molecule has 0 saturated heterocycles. The minimum Gasteiger partial charge on any atom is -0.384 e. The summed E-state index contributed by atoms with van der Waals surface area (Å²) >= 11 is 0. The van der Waals surface area contributed by atoms with Crippen molar-refractivity contribution in [2.75, 3.05) is 12.3 Å². The van der Waals surface area contributed by atoms with Crippen molar-refractivity contribution < 1.29 is 9.59 Å². The van der Waals surface area contributed by atoms with Crippen molar-refractivity contribution in [1.29, 1.82) is 0 Å². The molecule has 32 heavy (non-hydrogen) atoms. The molecule has 8 nitrogen and oxygen atoms in total. The number of benzene rings is 1. The van der Waals surface area contributed by atoms with Crippen LogP contribution in [0.4, 0.5) is 5.82 Å². The Morgan fingerprint density at radius 1 is 0.844 bits per heavy atom. The number of carbonyl (C=O) groups excluding carboxylic acids is 2. The second-order valence-corrected chi connectivity index (χ2v) is 7.15. The monoisotopic (exact) mass is 426 g/mol. The van der Waals surface area contributed by atoms with Gasteiger partial charge in [-0.1, -0.05) is 18.2 Å². The molecule has 3 aromatic heterocycles. The van der Waals surface area contributed by atoms with Crippen LogP contribution in [0.3, 0.4) is 0 Å². The van der Waals surface area contributed by atoms with Gasteiger partial charge in [0.2, 0.25) is 0 Å². The number of hydrogen-bond donors (Lipinski definition) is 1. The Bertz CT molecular complexity index is 1140. The Balaban J connectivity index is 1.49. The molecule has 3 heterocycles. The van der Waals surface area contributed by atoms with Gasteiger partial charge in [-0.2, -0.15) is 5.10 Å². The van der Waals surface area contributed by atoms with Crippen molar-refractivity contribution >= 4 is 17.6 Å². The molecule has 1 aromatic carbocycles. The summed E-state index contributed by atoms with van der Waals surface area (Å²) in [6.45, 7) is 0.237. The van der Waals surface area contributed by atoms with Crippen molar-refractivity contribution in [3.8, 4) is 5.69 Å². The van der Waals surface area contributed by atoms with E-state index in [2.05, 4.69) is 15.1 Å². The van der Waals surface area contributed by atoms with E-state index in [0.29, 0.717) is 29.8 Å². The number of nitrogens with two attached hydrogens (primary N) is 1. The van der Waals surface area contributed by atoms with Gasteiger partial charge in [-0.15, -0.1) is 0 Å². The normalized spacial score (nSPS) is 10.6. The van der Waals surface area contributed by atoms with Gasteiger partial charge in [-0.25, -0.2) is 4.68 Å². The number of aromatic nitrogens is 4. The van der Waals surface area contributed by atoms with E-state index in [1.54, 1.807) is 28.9 Å². The van der Waals surface area contributed by atoms with Crippen molar-refractivity contribution in [2.45, 2.75) is 12.8 Å². The van der Waals surface area contributed by atoms with Gasteiger partial charge in [0.1, 0.15) is 5.82 Å². The molecular formula is C24H22N6O2. The first-order chi connectivity index (χ1) is 15.6. The highest BCUT2D eigenvalue weighted by Crippen LogP contribution is 2.16. The lowest BCUT2D eigenvalue weighted by Gasteiger charge is -2.21. The van der Waals surface area contributed by atoms with E-state index in [1.165, 1.54) is 29.7 Å². The van der Waals surface area contributed by atoms with Crippen LogP contribution in [0, 0.1) is 0 Å². The molecule has 0 aliphatic carbocycles. The number of carbonyl (C=O) groups is 2. The third-order valence-electron chi connectivity index (χ3n) is 4.95. The first-order valence-electron chi connectivity index (χ1n) is 10.2. The molecule has 0 aliphatic heterocycles. The average Bonchev–Trinajstić information content (AvgIpc) is 3.23. The fourth-order valence-corrected chi connectivity index (χ4v) is 3.36. The molecule has 2 N–H and O–H groups in total. The van der Waals surface area contributed by atoms with Crippen LogP contribution in [0.15, 0.2) is 85.5 Å². The smallest absolute Gasteiger partial charge is 0.260 e. The molecule has 0 radical (unpaired) electrons. The molecular weight excluding hydrogens is 404 g/mol. The van der Waals surface area contributed by atoms with E-state index >= 15 is 0 Å². The van der Waals surface area contributed by atoms with Crippen molar-refractivity contribution in [2.24, 2.45) is 0 Å². The Morgan fingerprint density at radius 3 is 1.97 bits per heavy atom. The van der Waals surface area contributed by atoms with Gasteiger partial charge in [-0.05, 0) is 49.2 Å². The summed E-state index contributed by atoms with van der Waals surface area (Å²) < 4.78 is 1.68. The van der Waals surface area contributed by atoms with Gasteiger partial charge in [0.15, 0.2) is 0 Å². The lowest BCUT2D eigenvalue weighted by molar-refractivity contribution is 0.0614. The van der Waals surface area contributed by atoms with E-state index in [1.807, 2.05) is 36.4 Å². The van der Waals surface area contributed by atoms with Gasteiger partial charge >= 0.3 is 0 Å². The minimum absolute atomic E-state index is 0.237. The number of imide groups is 1. The number of nitrogens with zero attached hydrogens (tertiary/aromatic N) is 5. The summed E-state index contributed by atoms with van der Waals surface area (Å²) in [5.41, 5.74) is 8.59. The standard InChI is InChI=1S/C24H22N6O2/c25-22-17-20(28-30(22)21-6-2-1-3-7-21)5-4-16-29(23(31)18-8-12-26-13-9-18)24(32)19-10-14-27-15-11-19/h1-3,6-15,17H,4-5,16,25H2. The summed E-state index contributed by atoms with van der Waals surface area (Å²) in [4.78, 5) is 35.3. The third-order valence-corrected chi connectivity index (χ3v) is 4.95. The first kappa shape index (κ1) is 20.9. The van der Waals surface area contributed by atoms with E-state index < -0.39 is 0 Å². The third kappa shape index (κ3) is 4.70. The molecule has 8 heteroatoms. The molecule has 0 saturated carbocycles. The Morgan fingerprint density at radius 2 is 1.41 bits per heavy atom. The fourth-order valence-electron chi connectivity index (χ4n) is 3.36. The maximum atomic E-state index is 13.1. The largest absolute Gasteiger partial charge is 0.384 e. The zero-order valence-electron chi connectivity index (χ0n) is 17.3. The highest BCUT2D eigenvalue weighted by atomic mass is 16.2. The number of aryl methyl sites for hydroxylation is 1. The topological polar surface area (TPSA) is 107 Å². The molecule has 4 aromatic rings. The zero-order valence-corrected chi connectivity index (χ0v) is 17.3. The summed E-state index contributed by atoms with van der Waals surface area (Å²) in [5, 5.41) is 4.57. The quantitative estimate of drug-likeness (QED) is 0.455. The fraction of sp³-hybridized carbons (Fsp3) is 0.125. The predicted octanol–water partition coefficient (Wildman–Crippen LogP) is 3.16. The van der Waals surface area contributed by atoms with Crippen LogP contribution in [-0.2, 0) is 6.42 Å². The van der Waals surface area contributed by atoms with Crippen LogP contribution in [0.5, 0.6) is 0 Å². The van der Waals surface area contributed by atoms with E-state index in [4.69, 9.17) is 5.73 Å². The highest BCUT2D eigenvalue weighted by molar-refractivity contribution is 6.10. The number of rotatable bonds is 7. The maximum absolute atomic E-state index is 13.1. The van der Waals surface area contributed by atoms with Crippen LogP contribution in [0.2, 0.25) is 0 Å². The van der Waals surface area contributed by atoms with E-state index in [9.17, 15) is 9.59 Å². The van der Waals surface area contributed by atoms with Gasteiger partial charge in [0, 0.05) is 48.5 Å². The van der Waals surface area contributed by atoms with Crippen molar-refractivity contribution in [3.63, 3.8) is 0 Å². The highest BCUT2D eigenvalue weighted by Gasteiger charge is 2.24. The molecule has 2 amide bonds. The van der Waals surface area contributed by atoms with Gasteiger partial charge < -0.3 is 5.73 Å². The number of nitrogen functional groups attached to an aromatic ring is 1. The van der Waals surface area contributed by atoms with E-state index in [0.717, 1.165) is 11.4 Å². The first-order valence-corrected chi connectivity index (χ1v) is 10.2. The number of anilines is 1. The molecule has 0 atom stereocenters. The maximum Gasteiger partial charge on any atom is 0.260 e. The number of amides is 2. The van der Waals surface area contributed by atoms with Crippen LogP contribution >= 0.6 is 0 Å². The van der Waals surface area contributed by atoms with Gasteiger partial charge in [0.25, 0.3) is 11.8 Å². The second-order valence-electron chi connectivity index (χ2n) is 7.15. The minimum atomic E-state index is -0.372. The molecule has 4 rings (SSSR count). The lowest BCUT2D eigenvalue weighted by Crippen LogP contribution is -2.38. The molecule has 0 aliphatic rings. The van der Waals surface area contributed by atoms with Crippen molar-refractivity contribution in [3.05, 3.63) is 102 Å². The molecule has 0 unspecified atom stereocenters. The molecule has 0 fully saturated rings. The Labute approximate surface area is 185 Å². The molecule has 0 bridgehead atoms. The summed E-state index contributed by atoms with van der Waals surface area (Å²) in [7, 11) is 0. The van der Waals surface area contributed by atoms with Gasteiger partial charge in [-0.3, -0.25) is 24.5 Å². The van der Waals surface area contributed by atoms with Gasteiger partial charge in [0.05, 0.1) is 11.4 Å². The predicted molar refractivity (Wildman–Crippen MR) is 120 cm³/mol. The molecule has 0 spiro atoms. The van der Waals surface area contributed by atoms with Crippen LogP contribution in [-0.4, -0.2) is 43.0 Å². The van der Waals surface area contributed by atoms with Crippen molar-refractivity contribution in [1.82, 2.24) is 24.6 Å². The Hall–Kier alpha value is -4.33. The summed E-state index contributed by atoms with van der Waals surface area (Å²) in [5.74, 6) is -0.212. The number of hydrogen-bond acceptors (Lipinski definition) is 6. The van der Waals surface area contributed by atoms with Crippen LogP contribution in [0.25, 0.3) is 5.69 Å². The zero-order chi connectivity index (χ0) is 22.3. The number of pyridine rings is 2. The average molecular weight is 426 g/mol. The summed E-state index contributed by atoms with van der Waals surface area (Å²) in [6, 6.07) is 17.8.